The molecule has 1 amide bonds. The molecule has 2 N–H and O–H groups in total. The number of esters is 1. The largest absolute Gasteiger partial charge is 0.480 e. The van der Waals surface area contributed by atoms with Crippen LogP contribution < -0.4 is 5.32 Å². The number of nitrogens with one attached hydrogen (secondary N) is 1. The molecule has 0 spiro atoms. The van der Waals surface area contributed by atoms with E-state index in [-0.39, 0.29) is 13.2 Å². The van der Waals surface area contributed by atoms with Crippen LogP contribution >= 0.6 is 0 Å². The lowest BCUT2D eigenvalue weighted by Gasteiger charge is -2.13. The van der Waals surface area contributed by atoms with Gasteiger partial charge in [0.25, 0.3) is 0 Å². The van der Waals surface area contributed by atoms with E-state index in [1.807, 2.05) is 5.32 Å². The minimum atomic E-state index is -1.40. The van der Waals surface area contributed by atoms with Gasteiger partial charge in [-0.3, -0.25) is 4.79 Å². The monoisotopic (exact) mass is 257 g/mol. The Labute approximate surface area is 104 Å². The molecular weight excluding hydrogens is 242 g/mol. The molecule has 0 bridgehead atoms. The second-order valence-corrected chi connectivity index (χ2v) is 3.10. The zero-order valence-corrected chi connectivity index (χ0v) is 9.76. The number of carbonyl (C=O) groups excluding carboxylic acids is 2. The van der Waals surface area contributed by atoms with Gasteiger partial charge in [0.1, 0.15) is 19.3 Å². The summed E-state index contributed by atoms with van der Waals surface area (Å²) in [6.45, 7) is 6.58. The van der Waals surface area contributed by atoms with E-state index in [1.54, 1.807) is 0 Å². The molecule has 0 aromatic heterocycles. The van der Waals surface area contributed by atoms with Gasteiger partial charge in [-0.2, -0.15) is 0 Å². The van der Waals surface area contributed by atoms with Crippen LogP contribution in [0.1, 0.15) is 6.42 Å². The number of amides is 1. The van der Waals surface area contributed by atoms with E-state index >= 15 is 0 Å². The molecule has 0 saturated heterocycles. The maximum absolute atomic E-state index is 11.2. The van der Waals surface area contributed by atoms with Gasteiger partial charge in [0.2, 0.25) is 0 Å². The third-order valence-electron chi connectivity index (χ3n) is 1.66. The molecule has 0 rings (SSSR count). The molecule has 0 fully saturated rings. The second kappa shape index (κ2) is 8.80. The molecule has 7 nitrogen and oxygen atoms in total. The highest BCUT2D eigenvalue weighted by molar-refractivity contribution is 5.85. The van der Waals surface area contributed by atoms with Crippen LogP contribution in [0.3, 0.4) is 0 Å². The Kier molecular flexibility index (Phi) is 7.67. The minimum Gasteiger partial charge on any atom is -0.480 e. The number of carboxylic acids is 1. The lowest BCUT2D eigenvalue weighted by molar-refractivity contribution is -0.148. The molecule has 0 aromatic carbocycles. The molecule has 0 radical (unpaired) electrons. The molecule has 1 atom stereocenters. The van der Waals surface area contributed by atoms with Gasteiger partial charge in [-0.05, 0) is 0 Å². The standard InChI is InChI=1S/C11H15NO6/c1-3-5-17-9(13)7-8(10(14)15)12-11(16)18-6-4-2/h3-4,8H,1-2,5-7H2,(H,12,16)(H,14,15). The van der Waals surface area contributed by atoms with Crippen LogP contribution in [0, 0.1) is 0 Å². The fourth-order valence-corrected chi connectivity index (χ4v) is 0.896. The van der Waals surface area contributed by atoms with E-state index in [2.05, 4.69) is 22.6 Å². The summed E-state index contributed by atoms with van der Waals surface area (Å²) in [4.78, 5) is 33.1. The number of ether oxygens (including phenoxy) is 2. The molecule has 18 heavy (non-hydrogen) atoms. The van der Waals surface area contributed by atoms with Gasteiger partial charge >= 0.3 is 18.0 Å². The number of hydrogen-bond acceptors (Lipinski definition) is 5. The molecule has 0 heterocycles. The van der Waals surface area contributed by atoms with E-state index in [1.165, 1.54) is 12.2 Å². The van der Waals surface area contributed by atoms with Crippen LogP contribution in [-0.4, -0.2) is 42.4 Å². The highest BCUT2D eigenvalue weighted by Gasteiger charge is 2.24. The predicted molar refractivity (Wildman–Crippen MR) is 61.9 cm³/mol. The maximum Gasteiger partial charge on any atom is 0.408 e. The topological polar surface area (TPSA) is 102 Å². The van der Waals surface area contributed by atoms with Crippen molar-refractivity contribution in [2.75, 3.05) is 13.2 Å². The van der Waals surface area contributed by atoms with E-state index in [4.69, 9.17) is 5.11 Å². The Morgan fingerprint density at radius 2 is 1.72 bits per heavy atom. The van der Waals surface area contributed by atoms with Gasteiger partial charge in [-0.15, -0.1) is 0 Å². The van der Waals surface area contributed by atoms with Crippen molar-refractivity contribution in [2.24, 2.45) is 0 Å². The SMILES string of the molecule is C=CCOC(=O)CC(NC(=O)OCC=C)C(=O)O. The lowest BCUT2D eigenvalue weighted by Crippen LogP contribution is -2.42. The normalized spacial score (nSPS) is 10.9. The number of aliphatic carboxylic acids is 1. The molecule has 0 aliphatic carbocycles. The van der Waals surface area contributed by atoms with Gasteiger partial charge in [-0.25, -0.2) is 9.59 Å². The number of rotatable bonds is 8. The molecule has 1 unspecified atom stereocenters. The average Bonchev–Trinajstić information content (AvgIpc) is 2.32. The molecule has 0 aliphatic heterocycles. The van der Waals surface area contributed by atoms with Crippen LogP contribution in [0.15, 0.2) is 25.3 Å². The number of carbonyl (C=O) groups is 3. The van der Waals surface area contributed by atoms with Crippen molar-refractivity contribution in [2.45, 2.75) is 12.5 Å². The first kappa shape index (κ1) is 15.7. The summed E-state index contributed by atoms with van der Waals surface area (Å²) >= 11 is 0. The van der Waals surface area contributed by atoms with Gasteiger partial charge < -0.3 is 19.9 Å². The lowest BCUT2D eigenvalue weighted by atomic mass is 10.2. The third kappa shape index (κ3) is 7.04. The van der Waals surface area contributed by atoms with Crippen molar-refractivity contribution in [3.63, 3.8) is 0 Å². The van der Waals surface area contributed by atoms with E-state index in [0.717, 1.165) is 0 Å². The highest BCUT2D eigenvalue weighted by Crippen LogP contribution is 1.97. The van der Waals surface area contributed by atoms with Crippen molar-refractivity contribution in [1.82, 2.24) is 5.32 Å². The van der Waals surface area contributed by atoms with Crippen LogP contribution in [0.25, 0.3) is 0 Å². The van der Waals surface area contributed by atoms with Gasteiger partial charge in [0, 0.05) is 0 Å². The Hall–Kier alpha value is -2.31. The summed E-state index contributed by atoms with van der Waals surface area (Å²) in [5.74, 6) is -2.12. The van der Waals surface area contributed by atoms with Gasteiger partial charge in [0.15, 0.2) is 0 Å². The van der Waals surface area contributed by atoms with Crippen LogP contribution in [-0.2, 0) is 19.1 Å². The minimum absolute atomic E-state index is 0.0217. The molecule has 0 aromatic rings. The third-order valence-corrected chi connectivity index (χ3v) is 1.66. The van der Waals surface area contributed by atoms with Crippen molar-refractivity contribution in [1.29, 1.82) is 0 Å². The zero-order chi connectivity index (χ0) is 14.0. The van der Waals surface area contributed by atoms with E-state index < -0.39 is 30.5 Å². The fourth-order valence-electron chi connectivity index (χ4n) is 0.896. The summed E-state index contributed by atoms with van der Waals surface area (Å²) in [6, 6.07) is -1.40. The van der Waals surface area contributed by atoms with Crippen molar-refractivity contribution >= 4 is 18.0 Å². The van der Waals surface area contributed by atoms with Gasteiger partial charge in [-0.1, -0.05) is 25.3 Å². The van der Waals surface area contributed by atoms with Crippen molar-refractivity contribution in [3.05, 3.63) is 25.3 Å². The van der Waals surface area contributed by atoms with Crippen LogP contribution in [0.2, 0.25) is 0 Å². The summed E-state index contributed by atoms with van der Waals surface area (Å²) in [6.07, 6.45) is 1.23. The Morgan fingerprint density at radius 3 is 2.22 bits per heavy atom. The van der Waals surface area contributed by atoms with Gasteiger partial charge in [0.05, 0.1) is 6.42 Å². The Morgan fingerprint density at radius 1 is 1.17 bits per heavy atom. The van der Waals surface area contributed by atoms with E-state index in [0.29, 0.717) is 0 Å². The maximum atomic E-state index is 11.2. The number of alkyl carbamates (subject to hydrolysis) is 1. The molecular formula is C11H15NO6. The summed E-state index contributed by atoms with van der Waals surface area (Å²) in [7, 11) is 0. The second-order valence-electron chi connectivity index (χ2n) is 3.10. The Bertz CT molecular complexity index is 312. The van der Waals surface area contributed by atoms with Crippen molar-refractivity contribution in [3.8, 4) is 0 Å². The van der Waals surface area contributed by atoms with Crippen molar-refractivity contribution < 1.29 is 29.0 Å². The quantitative estimate of drug-likeness (QED) is 0.484. The predicted octanol–water partition coefficient (Wildman–Crippen LogP) is 0.471. The Balaban J connectivity index is 4.26. The summed E-state index contributed by atoms with van der Waals surface area (Å²) < 4.78 is 9.14. The zero-order valence-electron chi connectivity index (χ0n) is 9.76. The molecule has 100 valence electrons. The van der Waals surface area contributed by atoms with E-state index in [9.17, 15) is 14.4 Å². The number of hydrogen-bond donors (Lipinski definition) is 2. The molecule has 0 saturated carbocycles. The highest BCUT2D eigenvalue weighted by atomic mass is 16.5. The summed E-state index contributed by atoms with van der Waals surface area (Å²) in [5.41, 5.74) is 0. The van der Waals surface area contributed by atoms with Crippen LogP contribution in [0.5, 0.6) is 0 Å². The fraction of sp³-hybridized carbons (Fsp3) is 0.364. The van der Waals surface area contributed by atoms with Crippen LogP contribution in [0.4, 0.5) is 4.79 Å². The number of carboxylic acid groups (broad SMARTS) is 1. The first-order valence-corrected chi connectivity index (χ1v) is 5.04. The molecule has 0 aliphatic rings. The average molecular weight is 257 g/mol. The molecule has 7 heteroatoms. The first-order chi connectivity index (χ1) is 8.51. The first-order valence-electron chi connectivity index (χ1n) is 5.04. The summed E-state index contributed by atoms with van der Waals surface area (Å²) in [5, 5.41) is 10.8. The smallest absolute Gasteiger partial charge is 0.408 e.